The lowest BCUT2D eigenvalue weighted by Gasteiger charge is -2.45. The molecule has 3 rings (SSSR count). The zero-order chi connectivity index (χ0) is 13.0. The second kappa shape index (κ2) is 3.59. The van der Waals surface area contributed by atoms with Crippen LogP contribution in [0.25, 0.3) is 0 Å². The van der Waals surface area contributed by atoms with Crippen LogP contribution in [0, 0.1) is 0 Å². The van der Waals surface area contributed by atoms with Gasteiger partial charge < -0.3 is 19.0 Å². The van der Waals surface area contributed by atoms with Gasteiger partial charge in [0.1, 0.15) is 5.76 Å². The molecule has 100 valence electrons. The van der Waals surface area contributed by atoms with E-state index >= 15 is 0 Å². The van der Waals surface area contributed by atoms with Crippen LogP contribution < -0.4 is 0 Å². The van der Waals surface area contributed by atoms with Gasteiger partial charge in [-0.05, 0) is 26.0 Å². The van der Waals surface area contributed by atoms with E-state index in [9.17, 15) is 5.11 Å². The largest absolute Gasteiger partial charge is 0.469 e. The summed E-state index contributed by atoms with van der Waals surface area (Å²) < 4.78 is 17.3. The number of furan rings is 1. The van der Waals surface area contributed by atoms with Crippen molar-refractivity contribution >= 4 is 0 Å². The third-order valence-corrected chi connectivity index (χ3v) is 4.31. The van der Waals surface area contributed by atoms with E-state index in [2.05, 4.69) is 0 Å². The van der Waals surface area contributed by atoms with Gasteiger partial charge in [0.2, 0.25) is 0 Å². The molecule has 2 aliphatic rings. The van der Waals surface area contributed by atoms with Gasteiger partial charge in [-0.3, -0.25) is 0 Å². The minimum atomic E-state index is -0.760. The standard InChI is InChI=1S/C14H20O4/c1-12(15)8-13(2)10(11-5-4-6-17-11)7-14(9-12,16-3)18-13/h4-6,10,15H,7-9H2,1-3H3/t10-,12+,13-,14-/m1/s1. The van der Waals surface area contributed by atoms with Crippen LogP contribution in [-0.4, -0.2) is 29.2 Å². The zero-order valence-corrected chi connectivity index (χ0v) is 11.1. The average molecular weight is 252 g/mol. The van der Waals surface area contributed by atoms with Gasteiger partial charge in [0.15, 0.2) is 5.79 Å². The van der Waals surface area contributed by atoms with E-state index in [-0.39, 0.29) is 5.92 Å². The smallest absolute Gasteiger partial charge is 0.172 e. The molecular weight excluding hydrogens is 232 g/mol. The maximum absolute atomic E-state index is 10.4. The van der Waals surface area contributed by atoms with Gasteiger partial charge >= 0.3 is 0 Å². The first-order valence-corrected chi connectivity index (χ1v) is 6.39. The van der Waals surface area contributed by atoms with E-state index in [1.54, 1.807) is 13.4 Å². The Labute approximate surface area is 107 Å². The molecule has 0 aliphatic carbocycles. The molecule has 3 heterocycles. The van der Waals surface area contributed by atoms with Crippen molar-refractivity contribution in [3.63, 3.8) is 0 Å². The molecule has 2 saturated heterocycles. The topological polar surface area (TPSA) is 51.8 Å². The Kier molecular flexibility index (Phi) is 2.44. The van der Waals surface area contributed by atoms with E-state index in [4.69, 9.17) is 13.9 Å². The lowest BCUT2D eigenvalue weighted by molar-refractivity contribution is -0.294. The quantitative estimate of drug-likeness (QED) is 0.878. The summed E-state index contributed by atoms with van der Waals surface area (Å²) in [6, 6.07) is 3.86. The molecule has 0 radical (unpaired) electrons. The Morgan fingerprint density at radius 1 is 1.39 bits per heavy atom. The highest BCUT2D eigenvalue weighted by molar-refractivity contribution is 5.20. The summed E-state index contributed by atoms with van der Waals surface area (Å²) in [5, 5.41) is 10.4. The third-order valence-electron chi connectivity index (χ3n) is 4.31. The van der Waals surface area contributed by atoms with Crippen LogP contribution in [0.2, 0.25) is 0 Å². The van der Waals surface area contributed by atoms with E-state index < -0.39 is 17.0 Å². The Balaban J connectivity index is 2.01. The van der Waals surface area contributed by atoms with Crippen molar-refractivity contribution in [1.82, 2.24) is 0 Å². The Morgan fingerprint density at radius 3 is 2.78 bits per heavy atom. The van der Waals surface area contributed by atoms with E-state index in [0.717, 1.165) is 12.2 Å². The van der Waals surface area contributed by atoms with Crippen LogP contribution in [0.5, 0.6) is 0 Å². The van der Waals surface area contributed by atoms with Crippen molar-refractivity contribution in [2.75, 3.05) is 7.11 Å². The zero-order valence-electron chi connectivity index (χ0n) is 11.1. The van der Waals surface area contributed by atoms with Gasteiger partial charge in [-0.15, -0.1) is 0 Å². The summed E-state index contributed by atoms with van der Waals surface area (Å²) in [7, 11) is 1.65. The van der Waals surface area contributed by atoms with Gasteiger partial charge in [-0.2, -0.15) is 0 Å². The van der Waals surface area contributed by atoms with Crippen LogP contribution in [0.15, 0.2) is 22.8 Å². The number of aliphatic hydroxyl groups is 1. The van der Waals surface area contributed by atoms with E-state index in [1.165, 1.54) is 0 Å². The maximum atomic E-state index is 10.4. The first kappa shape index (κ1) is 12.2. The van der Waals surface area contributed by atoms with Crippen molar-refractivity contribution in [2.24, 2.45) is 0 Å². The molecule has 18 heavy (non-hydrogen) atoms. The molecule has 0 aromatic carbocycles. The fourth-order valence-electron chi connectivity index (χ4n) is 3.82. The fraction of sp³-hybridized carbons (Fsp3) is 0.714. The first-order valence-electron chi connectivity index (χ1n) is 6.39. The second-order valence-electron chi connectivity index (χ2n) is 6.15. The average Bonchev–Trinajstić information content (AvgIpc) is 2.81. The van der Waals surface area contributed by atoms with Gasteiger partial charge in [0.05, 0.1) is 23.4 Å². The summed E-state index contributed by atoms with van der Waals surface area (Å²) in [5.74, 6) is 0.351. The molecule has 0 amide bonds. The number of fused-ring (bicyclic) bond motifs is 2. The van der Waals surface area contributed by atoms with Crippen LogP contribution >= 0.6 is 0 Å². The molecule has 1 aromatic rings. The summed E-state index contributed by atoms with van der Waals surface area (Å²) in [4.78, 5) is 0. The lowest BCUT2D eigenvalue weighted by atomic mass is 9.80. The van der Waals surface area contributed by atoms with Gasteiger partial charge in [0, 0.05) is 26.4 Å². The van der Waals surface area contributed by atoms with Crippen LogP contribution in [0.1, 0.15) is 44.8 Å². The van der Waals surface area contributed by atoms with Crippen LogP contribution in [0.4, 0.5) is 0 Å². The molecule has 2 aliphatic heterocycles. The first-order chi connectivity index (χ1) is 8.38. The number of hydrogen-bond acceptors (Lipinski definition) is 4. The predicted octanol–water partition coefficient (Wildman–Crippen LogP) is 2.43. The van der Waals surface area contributed by atoms with E-state index in [1.807, 2.05) is 26.0 Å². The van der Waals surface area contributed by atoms with E-state index in [0.29, 0.717) is 12.8 Å². The van der Waals surface area contributed by atoms with Crippen LogP contribution in [0.3, 0.4) is 0 Å². The van der Waals surface area contributed by atoms with Crippen molar-refractivity contribution in [3.05, 3.63) is 24.2 Å². The lowest BCUT2D eigenvalue weighted by Crippen LogP contribution is -2.51. The SMILES string of the molecule is CO[C@@]12C[C@H](c3ccco3)[C@@](C)(C[C@](C)(O)C1)O2. The summed E-state index contributed by atoms with van der Waals surface area (Å²) in [5.41, 5.74) is -1.19. The Hall–Kier alpha value is -0.840. The molecule has 1 N–H and O–H groups in total. The molecular formula is C14H20O4. The predicted molar refractivity (Wildman–Crippen MR) is 65.2 cm³/mol. The summed E-state index contributed by atoms with van der Waals surface area (Å²) >= 11 is 0. The molecule has 4 atom stereocenters. The van der Waals surface area contributed by atoms with Crippen molar-refractivity contribution in [1.29, 1.82) is 0 Å². The minimum Gasteiger partial charge on any atom is -0.469 e. The number of hydrogen-bond donors (Lipinski definition) is 1. The highest BCUT2D eigenvalue weighted by Gasteiger charge is 2.62. The summed E-state index contributed by atoms with van der Waals surface area (Å²) in [6.07, 6.45) is 3.50. The van der Waals surface area contributed by atoms with Crippen molar-refractivity contribution in [3.8, 4) is 0 Å². The number of methoxy groups -OCH3 is 1. The Bertz CT molecular complexity index is 439. The van der Waals surface area contributed by atoms with Gasteiger partial charge in [-0.25, -0.2) is 0 Å². The molecule has 0 saturated carbocycles. The summed E-state index contributed by atoms with van der Waals surface area (Å²) in [6.45, 7) is 3.89. The molecule has 2 bridgehead atoms. The third kappa shape index (κ3) is 1.71. The highest BCUT2D eigenvalue weighted by atomic mass is 16.7. The second-order valence-corrected chi connectivity index (χ2v) is 6.15. The molecule has 1 aromatic heterocycles. The molecule has 4 heteroatoms. The number of ether oxygens (including phenoxy) is 2. The molecule has 0 spiro atoms. The van der Waals surface area contributed by atoms with Gasteiger partial charge in [0.25, 0.3) is 0 Å². The number of rotatable bonds is 2. The normalized spacial score (nSPS) is 47.4. The van der Waals surface area contributed by atoms with Gasteiger partial charge in [-0.1, -0.05) is 0 Å². The van der Waals surface area contributed by atoms with Crippen molar-refractivity contribution in [2.45, 2.75) is 56.0 Å². The monoisotopic (exact) mass is 252 g/mol. The Morgan fingerprint density at radius 2 is 2.17 bits per heavy atom. The maximum Gasteiger partial charge on any atom is 0.172 e. The highest BCUT2D eigenvalue weighted by Crippen LogP contribution is 2.58. The fourth-order valence-corrected chi connectivity index (χ4v) is 3.82. The molecule has 0 unspecified atom stereocenters. The molecule has 2 fully saturated rings. The minimum absolute atomic E-state index is 0.126. The molecule has 4 nitrogen and oxygen atoms in total. The van der Waals surface area contributed by atoms with Crippen LogP contribution in [-0.2, 0) is 9.47 Å². The van der Waals surface area contributed by atoms with Crippen molar-refractivity contribution < 1.29 is 19.0 Å².